The Bertz CT molecular complexity index is 1140. The van der Waals surface area contributed by atoms with Crippen molar-refractivity contribution in [3.63, 3.8) is 0 Å². The summed E-state index contributed by atoms with van der Waals surface area (Å²) in [7, 11) is -4.84. The molecule has 1 atom stereocenters. The van der Waals surface area contributed by atoms with Gasteiger partial charge in [0, 0.05) is 12.6 Å². The molecule has 0 aliphatic heterocycles. The number of pyridine rings is 1. The molecule has 2 aromatic carbocycles. The fourth-order valence-corrected chi connectivity index (χ4v) is 3.76. The molecule has 0 amide bonds. The van der Waals surface area contributed by atoms with Crippen LogP contribution in [0.4, 0.5) is 0 Å². The molecule has 0 radical (unpaired) electrons. The number of rotatable bonds is 12. The van der Waals surface area contributed by atoms with Gasteiger partial charge in [0.15, 0.2) is 0 Å². The van der Waals surface area contributed by atoms with Crippen LogP contribution in [0.5, 0.6) is 11.5 Å². The van der Waals surface area contributed by atoms with Crippen LogP contribution >= 0.6 is 0 Å². The molecule has 1 heterocycles. The molecule has 0 bridgehead atoms. The van der Waals surface area contributed by atoms with Crippen molar-refractivity contribution in [2.45, 2.75) is 31.6 Å². The Hall–Kier alpha value is -2.43. The molecule has 3 rings (SSSR count). The van der Waals surface area contributed by atoms with Crippen molar-refractivity contribution in [2.75, 3.05) is 6.61 Å². The van der Waals surface area contributed by atoms with E-state index in [2.05, 4.69) is 9.17 Å². The van der Waals surface area contributed by atoms with E-state index in [0.717, 1.165) is 29.7 Å². The zero-order valence-corrected chi connectivity index (χ0v) is 21.6. The van der Waals surface area contributed by atoms with Crippen molar-refractivity contribution in [2.24, 2.45) is 0 Å². The first-order valence-corrected chi connectivity index (χ1v) is 11.8. The molecule has 1 unspecified atom stereocenters. The minimum Gasteiger partial charge on any atom is -0.716 e. The van der Waals surface area contributed by atoms with Gasteiger partial charge in [0.1, 0.15) is 11.5 Å². The third-order valence-electron chi connectivity index (χ3n) is 4.91. The molecule has 0 aliphatic rings. The summed E-state index contributed by atoms with van der Waals surface area (Å²) in [5.74, 6) is -0.359. The summed E-state index contributed by atoms with van der Waals surface area (Å²) in [6.45, 7) is 0.507. The molecule has 34 heavy (non-hydrogen) atoms. The van der Waals surface area contributed by atoms with Crippen LogP contribution in [0.3, 0.4) is 0 Å². The van der Waals surface area contributed by atoms with Gasteiger partial charge in [0.05, 0.1) is 18.2 Å². The standard InChI is InChI=1S/C24H25NO7S.Na/c26-23(27)7-2-1-5-17-31-20-12-8-18(9-13-20)24(22-6-3-4-16-25-22)19-10-14-21(15-11-19)32-33(28,29)30;/h3-4,6,8-16,24H,1-2,5,7,17H2,(H,26,27)(H,28,29,30);/q;+1/p-1. The SMILES string of the molecule is O=C(O)CCCCCOc1ccc(C(c2ccc(OS(=O)(=O)[O-])cc2)c2ccccn2)cc1.[Na+]. The number of hydrogen-bond acceptors (Lipinski definition) is 7. The van der Waals surface area contributed by atoms with Gasteiger partial charge in [-0.05, 0) is 66.8 Å². The molecule has 1 N–H and O–H groups in total. The molecule has 1 aromatic heterocycles. The number of carboxylic acids is 1. The molecular weight excluding hydrogens is 469 g/mol. The average molecular weight is 494 g/mol. The fraction of sp³-hybridized carbons (Fsp3) is 0.250. The second kappa shape index (κ2) is 13.5. The monoisotopic (exact) mass is 493 g/mol. The van der Waals surface area contributed by atoms with Crippen LogP contribution in [0.2, 0.25) is 0 Å². The van der Waals surface area contributed by atoms with E-state index < -0.39 is 16.4 Å². The summed E-state index contributed by atoms with van der Waals surface area (Å²) in [6, 6.07) is 19.5. The molecule has 3 aromatic rings. The summed E-state index contributed by atoms with van der Waals surface area (Å²) in [4.78, 5) is 15.0. The quantitative estimate of drug-likeness (QED) is 0.172. The van der Waals surface area contributed by atoms with Gasteiger partial charge >= 0.3 is 35.5 Å². The van der Waals surface area contributed by atoms with Crippen LogP contribution in [0.25, 0.3) is 0 Å². The predicted octanol–water partition coefficient (Wildman–Crippen LogP) is 1.13. The summed E-state index contributed by atoms with van der Waals surface area (Å²) in [5.41, 5.74) is 2.60. The largest absolute Gasteiger partial charge is 1.00 e. The second-order valence-electron chi connectivity index (χ2n) is 7.37. The first-order valence-electron chi connectivity index (χ1n) is 10.4. The topological polar surface area (TPSA) is 126 Å². The van der Waals surface area contributed by atoms with Crippen LogP contribution in [0.1, 0.15) is 48.4 Å². The van der Waals surface area contributed by atoms with Gasteiger partial charge in [-0.25, -0.2) is 8.42 Å². The van der Waals surface area contributed by atoms with E-state index in [1.54, 1.807) is 18.3 Å². The number of nitrogens with zero attached hydrogens (tertiary/aromatic N) is 1. The van der Waals surface area contributed by atoms with E-state index in [9.17, 15) is 17.8 Å². The van der Waals surface area contributed by atoms with Gasteiger partial charge in [0.25, 0.3) is 10.4 Å². The zero-order valence-electron chi connectivity index (χ0n) is 18.8. The van der Waals surface area contributed by atoms with Crippen molar-refractivity contribution < 1.29 is 61.3 Å². The maximum Gasteiger partial charge on any atom is 1.00 e. The van der Waals surface area contributed by atoms with Crippen LogP contribution in [-0.2, 0) is 15.2 Å². The average Bonchev–Trinajstić information content (AvgIpc) is 2.78. The molecule has 8 nitrogen and oxygen atoms in total. The number of unbranched alkanes of at least 4 members (excludes halogenated alkanes) is 2. The molecule has 0 aliphatic carbocycles. The zero-order chi connectivity index (χ0) is 23.7. The normalized spacial score (nSPS) is 11.8. The van der Waals surface area contributed by atoms with Crippen molar-refractivity contribution >= 4 is 16.4 Å². The Morgan fingerprint density at radius 3 is 2.06 bits per heavy atom. The van der Waals surface area contributed by atoms with Gasteiger partial charge in [0.2, 0.25) is 0 Å². The third-order valence-corrected chi connectivity index (χ3v) is 5.31. The minimum absolute atomic E-state index is 0. The molecule has 0 saturated carbocycles. The Labute approximate surface area is 221 Å². The van der Waals surface area contributed by atoms with Crippen molar-refractivity contribution in [3.8, 4) is 11.5 Å². The molecule has 10 heteroatoms. The molecule has 0 saturated heterocycles. The van der Waals surface area contributed by atoms with Gasteiger partial charge in [-0.3, -0.25) is 9.78 Å². The number of ether oxygens (including phenoxy) is 1. The first-order chi connectivity index (χ1) is 15.8. The summed E-state index contributed by atoms with van der Waals surface area (Å²) in [5, 5.41) is 8.66. The summed E-state index contributed by atoms with van der Waals surface area (Å²) >= 11 is 0. The fourth-order valence-electron chi connectivity index (χ4n) is 3.42. The van der Waals surface area contributed by atoms with Crippen molar-refractivity contribution in [1.29, 1.82) is 0 Å². The van der Waals surface area contributed by atoms with Gasteiger partial charge in [-0.1, -0.05) is 30.3 Å². The molecule has 0 fully saturated rings. The summed E-state index contributed by atoms with van der Waals surface area (Å²) < 4.78 is 42.6. The number of benzene rings is 2. The van der Waals surface area contributed by atoms with Crippen molar-refractivity contribution in [1.82, 2.24) is 4.98 Å². The molecular formula is C24H24NNaO7S. The Balaban J connectivity index is 0.00000408. The smallest absolute Gasteiger partial charge is 0.716 e. The van der Waals surface area contributed by atoms with Gasteiger partial charge < -0.3 is 18.6 Å². The molecule has 0 spiro atoms. The van der Waals surface area contributed by atoms with E-state index in [1.165, 1.54) is 12.1 Å². The number of aromatic nitrogens is 1. The minimum atomic E-state index is -4.84. The van der Waals surface area contributed by atoms with Gasteiger partial charge in [-0.2, -0.15) is 0 Å². The second-order valence-corrected chi connectivity index (χ2v) is 8.35. The Kier molecular flexibility index (Phi) is 11.0. The van der Waals surface area contributed by atoms with Gasteiger partial charge in [-0.15, -0.1) is 0 Å². The molecule has 174 valence electrons. The van der Waals surface area contributed by atoms with Crippen molar-refractivity contribution in [3.05, 3.63) is 89.7 Å². The number of carbonyl (C=O) groups is 1. The summed E-state index contributed by atoms with van der Waals surface area (Å²) in [6.07, 6.45) is 4.07. The van der Waals surface area contributed by atoms with Crippen LogP contribution in [0, 0.1) is 0 Å². The maximum atomic E-state index is 10.8. The Morgan fingerprint density at radius 1 is 0.912 bits per heavy atom. The van der Waals surface area contributed by atoms with E-state index >= 15 is 0 Å². The number of carboxylic acid groups (broad SMARTS) is 1. The predicted molar refractivity (Wildman–Crippen MR) is 120 cm³/mol. The Morgan fingerprint density at radius 2 is 1.53 bits per heavy atom. The van der Waals surface area contributed by atoms with E-state index in [-0.39, 0.29) is 47.6 Å². The van der Waals surface area contributed by atoms with E-state index in [4.69, 9.17) is 9.84 Å². The maximum absolute atomic E-state index is 10.8. The number of hydrogen-bond donors (Lipinski definition) is 1. The van der Waals surface area contributed by atoms with Crippen LogP contribution in [-0.4, -0.2) is 35.6 Å². The van der Waals surface area contributed by atoms with Crippen LogP contribution < -0.4 is 38.5 Å². The first kappa shape index (κ1) is 27.8. The van der Waals surface area contributed by atoms with E-state index in [1.807, 2.05) is 42.5 Å². The van der Waals surface area contributed by atoms with E-state index in [0.29, 0.717) is 18.8 Å². The third kappa shape index (κ3) is 9.08. The van der Waals surface area contributed by atoms with Crippen LogP contribution in [0.15, 0.2) is 72.9 Å². The number of aliphatic carboxylic acids is 1.